The number of carbonyl (C=O) groups excluding carboxylic acids is 1. The van der Waals surface area contributed by atoms with Crippen LogP contribution in [0, 0.1) is 18.7 Å². The van der Waals surface area contributed by atoms with Gasteiger partial charge in [-0.05, 0) is 49.1 Å². The summed E-state index contributed by atoms with van der Waals surface area (Å²) in [5.74, 6) is 0.416. The topological polar surface area (TPSA) is 99.0 Å². The first-order chi connectivity index (χ1) is 18.5. The summed E-state index contributed by atoms with van der Waals surface area (Å²) in [7, 11) is 1.41. The molecule has 1 aliphatic carbocycles. The zero-order valence-corrected chi connectivity index (χ0v) is 21.2. The first kappa shape index (κ1) is 24.2. The fourth-order valence-corrected chi connectivity index (χ4v) is 4.47. The van der Waals surface area contributed by atoms with Crippen molar-refractivity contribution >= 4 is 17.2 Å². The second kappa shape index (κ2) is 9.94. The van der Waals surface area contributed by atoms with Gasteiger partial charge in [0.1, 0.15) is 5.75 Å². The maximum atomic E-state index is 14.5. The van der Waals surface area contributed by atoms with E-state index in [1.54, 1.807) is 23.0 Å². The Morgan fingerprint density at radius 3 is 2.74 bits per heavy atom. The predicted octanol–water partition coefficient (Wildman–Crippen LogP) is 4.60. The van der Waals surface area contributed by atoms with Gasteiger partial charge in [0.15, 0.2) is 17.2 Å². The van der Waals surface area contributed by atoms with Gasteiger partial charge in [-0.15, -0.1) is 5.10 Å². The molecular weight excluding hydrogens is 489 g/mol. The van der Waals surface area contributed by atoms with Gasteiger partial charge in [0.2, 0.25) is 5.88 Å². The normalized spacial score (nSPS) is 15.2. The summed E-state index contributed by atoms with van der Waals surface area (Å²) in [4.78, 5) is 17.3. The van der Waals surface area contributed by atoms with Crippen LogP contribution in [0.3, 0.4) is 0 Å². The Labute approximate surface area is 218 Å². The predicted molar refractivity (Wildman–Crippen MR) is 139 cm³/mol. The van der Waals surface area contributed by atoms with Crippen LogP contribution in [0.4, 0.5) is 10.1 Å². The highest BCUT2D eigenvalue weighted by Gasteiger charge is 2.26. The van der Waals surface area contributed by atoms with Gasteiger partial charge >= 0.3 is 0 Å². The van der Waals surface area contributed by atoms with E-state index >= 15 is 0 Å². The summed E-state index contributed by atoms with van der Waals surface area (Å²) < 4.78 is 32.7. The van der Waals surface area contributed by atoms with E-state index in [-0.39, 0.29) is 29.3 Å². The Bertz CT molecular complexity index is 1510. The van der Waals surface area contributed by atoms with E-state index in [1.165, 1.54) is 19.2 Å². The number of aromatic nitrogens is 3. The molecule has 38 heavy (non-hydrogen) atoms. The average molecular weight is 518 g/mol. The molecule has 2 aromatic carbocycles. The minimum absolute atomic E-state index is 0.0769. The number of imidazole rings is 1. The van der Waals surface area contributed by atoms with Crippen molar-refractivity contribution in [2.45, 2.75) is 25.8 Å². The number of hydrogen-bond acceptors (Lipinski definition) is 7. The summed E-state index contributed by atoms with van der Waals surface area (Å²) in [6.07, 6.45) is 5.44. The monoisotopic (exact) mass is 517 g/mol. The number of rotatable bonds is 9. The first-order valence-corrected chi connectivity index (χ1v) is 12.6. The Morgan fingerprint density at radius 1 is 1.21 bits per heavy atom. The first-order valence-electron chi connectivity index (χ1n) is 12.6. The summed E-state index contributed by atoms with van der Waals surface area (Å²) in [5, 5.41) is 11.3. The quantitative estimate of drug-likeness (QED) is 0.335. The summed E-state index contributed by atoms with van der Waals surface area (Å²) in [5.41, 5.74) is 4.26. The molecule has 6 rings (SSSR count). The van der Waals surface area contributed by atoms with Gasteiger partial charge in [-0.25, -0.2) is 13.9 Å². The summed E-state index contributed by atoms with van der Waals surface area (Å²) >= 11 is 0. The molecule has 1 saturated carbocycles. The Hall–Kier alpha value is -4.18. The molecule has 0 bridgehead atoms. The van der Waals surface area contributed by atoms with E-state index in [9.17, 15) is 9.18 Å². The standard InChI is InChI=1S/C28H28FN5O4/c1-16-11-18(3-7-21(16)27(35)32-19-4-5-19)24-25(31-13-17-14-37-15-17)26-30-9-10-34(26)33-28(24)38-20-6-8-23(36-2)22(29)12-20/h3,6-12,17,19,31H,4-5,13-15H2,1-2H3,(H,32,35). The number of hydrogen-bond donors (Lipinski definition) is 2. The van der Waals surface area contributed by atoms with Gasteiger partial charge in [0.25, 0.3) is 5.91 Å². The molecule has 3 heterocycles. The molecule has 0 spiro atoms. The molecule has 0 atom stereocenters. The van der Waals surface area contributed by atoms with Crippen molar-refractivity contribution < 1.29 is 23.4 Å². The third kappa shape index (κ3) is 4.74. The highest BCUT2D eigenvalue weighted by Crippen LogP contribution is 2.41. The number of nitrogens with zero attached hydrogens (tertiary/aromatic N) is 3. The summed E-state index contributed by atoms with van der Waals surface area (Å²) in [6.45, 7) is 3.97. The summed E-state index contributed by atoms with van der Waals surface area (Å²) in [6, 6.07) is 10.3. The molecular formula is C28H28FN5O4. The van der Waals surface area contributed by atoms with Gasteiger partial charge in [0.05, 0.1) is 31.6 Å². The zero-order chi connectivity index (χ0) is 26.2. The second-order valence-electron chi connectivity index (χ2n) is 9.71. The number of methoxy groups -OCH3 is 1. The van der Waals surface area contributed by atoms with Crippen molar-refractivity contribution in [1.82, 2.24) is 19.9 Å². The molecule has 10 heteroatoms. The molecule has 4 aromatic rings. The Morgan fingerprint density at radius 2 is 2.05 bits per heavy atom. The van der Waals surface area contributed by atoms with Gasteiger partial charge < -0.3 is 24.8 Å². The van der Waals surface area contributed by atoms with Crippen LogP contribution in [-0.4, -0.2) is 53.4 Å². The smallest absolute Gasteiger partial charge is 0.251 e. The molecule has 2 fully saturated rings. The number of halogens is 1. The van der Waals surface area contributed by atoms with Crippen LogP contribution in [0.15, 0.2) is 48.8 Å². The number of ether oxygens (including phenoxy) is 3. The van der Waals surface area contributed by atoms with Gasteiger partial charge in [-0.3, -0.25) is 4.79 Å². The van der Waals surface area contributed by atoms with Gasteiger partial charge in [-0.2, -0.15) is 0 Å². The van der Waals surface area contributed by atoms with Crippen molar-refractivity contribution in [3.05, 3.63) is 65.7 Å². The lowest BCUT2D eigenvalue weighted by Crippen LogP contribution is -2.33. The molecule has 2 aliphatic rings. The number of aryl methyl sites for hydroxylation is 1. The average Bonchev–Trinajstić information content (AvgIpc) is 3.56. The highest BCUT2D eigenvalue weighted by atomic mass is 19.1. The number of fused-ring (bicyclic) bond motifs is 1. The Balaban J connectivity index is 1.45. The van der Waals surface area contributed by atoms with Crippen LogP contribution in [0.5, 0.6) is 17.4 Å². The molecule has 1 aliphatic heterocycles. The molecule has 196 valence electrons. The van der Waals surface area contributed by atoms with E-state index in [0.717, 1.165) is 29.7 Å². The molecule has 0 radical (unpaired) electrons. The van der Waals surface area contributed by atoms with E-state index in [0.29, 0.717) is 42.5 Å². The number of benzene rings is 2. The lowest BCUT2D eigenvalue weighted by atomic mass is 9.98. The third-order valence-electron chi connectivity index (χ3n) is 6.79. The third-order valence-corrected chi connectivity index (χ3v) is 6.79. The highest BCUT2D eigenvalue weighted by molar-refractivity contribution is 5.97. The van der Waals surface area contributed by atoms with Crippen molar-refractivity contribution in [2.75, 3.05) is 32.2 Å². The lowest BCUT2D eigenvalue weighted by molar-refractivity contribution is -0.0248. The van der Waals surface area contributed by atoms with Crippen molar-refractivity contribution in [1.29, 1.82) is 0 Å². The van der Waals surface area contributed by atoms with Gasteiger partial charge in [0, 0.05) is 42.5 Å². The fourth-order valence-electron chi connectivity index (χ4n) is 4.47. The van der Waals surface area contributed by atoms with Crippen LogP contribution in [0.2, 0.25) is 0 Å². The van der Waals surface area contributed by atoms with E-state index in [2.05, 4.69) is 20.7 Å². The lowest BCUT2D eigenvalue weighted by Gasteiger charge is -2.27. The van der Waals surface area contributed by atoms with Crippen LogP contribution < -0.4 is 20.1 Å². The van der Waals surface area contributed by atoms with Crippen LogP contribution in [-0.2, 0) is 4.74 Å². The minimum atomic E-state index is -0.541. The van der Waals surface area contributed by atoms with E-state index < -0.39 is 5.82 Å². The SMILES string of the molecule is COc1ccc(Oc2nn3ccnc3c(NCC3COC3)c2-c2ccc(C(=O)NC3CC3)c(C)c2)cc1F. The van der Waals surface area contributed by atoms with Crippen LogP contribution >= 0.6 is 0 Å². The number of amides is 1. The molecule has 9 nitrogen and oxygen atoms in total. The van der Waals surface area contributed by atoms with Crippen molar-refractivity contribution in [3.63, 3.8) is 0 Å². The maximum absolute atomic E-state index is 14.5. The van der Waals surface area contributed by atoms with Crippen LogP contribution in [0.1, 0.15) is 28.8 Å². The van der Waals surface area contributed by atoms with E-state index in [4.69, 9.17) is 14.2 Å². The van der Waals surface area contributed by atoms with Crippen molar-refractivity contribution in [3.8, 4) is 28.5 Å². The number of carbonyl (C=O) groups is 1. The van der Waals surface area contributed by atoms with Crippen molar-refractivity contribution in [2.24, 2.45) is 5.92 Å². The zero-order valence-electron chi connectivity index (χ0n) is 21.2. The fraction of sp³-hybridized carbons (Fsp3) is 0.321. The van der Waals surface area contributed by atoms with Gasteiger partial charge in [-0.1, -0.05) is 12.1 Å². The number of nitrogens with one attached hydrogen (secondary N) is 2. The second-order valence-corrected chi connectivity index (χ2v) is 9.71. The number of anilines is 1. The Kier molecular flexibility index (Phi) is 6.32. The molecule has 1 saturated heterocycles. The minimum Gasteiger partial charge on any atom is -0.494 e. The van der Waals surface area contributed by atoms with Crippen LogP contribution in [0.25, 0.3) is 16.8 Å². The molecule has 2 aromatic heterocycles. The largest absolute Gasteiger partial charge is 0.494 e. The maximum Gasteiger partial charge on any atom is 0.251 e. The molecule has 0 unspecified atom stereocenters. The molecule has 2 N–H and O–H groups in total. The molecule has 1 amide bonds. The van der Waals surface area contributed by atoms with E-state index in [1.807, 2.05) is 25.1 Å².